The van der Waals surface area contributed by atoms with E-state index in [1.807, 2.05) is 41.3 Å². The number of fused-ring (bicyclic) bond motifs is 2. The Hall–Kier alpha value is -2.51. The van der Waals surface area contributed by atoms with E-state index in [2.05, 4.69) is 30.7 Å². The molecule has 0 aromatic heterocycles. The van der Waals surface area contributed by atoms with Crippen molar-refractivity contribution >= 4 is 27.8 Å². The first kappa shape index (κ1) is 19.5. The van der Waals surface area contributed by atoms with Crippen LogP contribution in [0, 0.1) is 5.82 Å². The number of guanidine groups is 1. The van der Waals surface area contributed by atoms with Gasteiger partial charge in [0.1, 0.15) is 5.82 Å². The molecule has 3 aliphatic heterocycles. The fraction of sp³-hybridized carbons (Fsp3) is 0.304. The van der Waals surface area contributed by atoms with Crippen LogP contribution in [0.25, 0.3) is 0 Å². The van der Waals surface area contributed by atoms with Gasteiger partial charge in [0.15, 0.2) is 0 Å². The lowest BCUT2D eigenvalue weighted by Crippen LogP contribution is -2.53. The molecule has 2 aromatic carbocycles. The van der Waals surface area contributed by atoms with E-state index in [9.17, 15) is 9.18 Å². The Bertz CT molecular complexity index is 1030. The van der Waals surface area contributed by atoms with Gasteiger partial charge in [-0.05, 0) is 35.4 Å². The van der Waals surface area contributed by atoms with Gasteiger partial charge in [0.05, 0.1) is 18.7 Å². The molecule has 3 heterocycles. The Morgan fingerprint density at radius 2 is 1.67 bits per heavy atom. The molecular formula is C23H22BrFN4O. The van der Waals surface area contributed by atoms with Crippen LogP contribution in [0.15, 0.2) is 69.3 Å². The summed E-state index contributed by atoms with van der Waals surface area (Å²) < 4.78 is 14.2. The summed E-state index contributed by atoms with van der Waals surface area (Å²) in [5.41, 5.74) is 4.11. The molecule has 0 saturated heterocycles. The smallest absolute Gasteiger partial charge is 0.259 e. The van der Waals surface area contributed by atoms with Gasteiger partial charge in [0.25, 0.3) is 5.91 Å². The highest BCUT2D eigenvalue weighted by atomic mass is 79.9. The Morgan fingerprint density at radius 1 is 0.967 bits per heavy atom. The summed E-state index contributed by atoms with van der Waals surface area (Å²) in [5, 5.41) is 0. The SMILES string of the molecule is O=C1C2=C(CCN(Cc3ccc(F)cc3)C2)N2CCN=C2N1Cc1ccc(Br)cc1. The molecular weight excluding hydrogens is 447 g/mol. The van der Waals surface area contributed by atoms with E-state index in [1.54, 1.807) is 0 Å². The van der Waals surface area contributed by atoms with E-state index in [-0.39, 0.29) is 11.7 Å². The van der Waals surface area contributed by atoms with Crippen molar-refractivity contribution in [2.45, 2.75) is 19.5 Å². The van der Waals surface area contributed by atoms with Gasteiger partial charge in [-0.1, -0.05) is 40.2 Å². The first-order valence-electron chi connectivity index (χ1n) is 10.2. The third-order valence-corrected chi connectivity index (χ3v) is 6.39. The molecule has 0 aliphatic carbocycles. The molecule has 0 saturated carbocycles. The highest BCUT2D eigenvalue weighted by Gasteiger charge is 2.40. The third-order valence-electron chi connectivity index (χ3n) is 5.86. The van der Waals surface area contributed by atoms with E-state index in [1.165, 1.54) is 12.1 Å². The molecule has 0 unspecified atom stereocenters. The average molecular weight is 469 g/mol. The van der Waals surface area contributed by atoms with Crippen LogP contribution in [0.3, 0.4) is 0 Å². The number of nitrogens with zero attached hydrogens (tertiary/aromatic N) is 4. The van der Waals surface area contributed by atoms with Crippen molar-refractivity contribution in [2.24, 2.45) is 4.99 Å². The van der Waals surface area contributed by atoms with Crippen molar-refractivity contribution in [3.63, 3.8) is 0 Å². The zero-order valence-corrected chi connectivity index (χ0v) is 18.1. The summed E-state index contributed by atoms with van der Waals surface area (Å²) in [7, 11) is 0. The van der Waals surface area contributed by atoms with Gasteiger partial charge in [-0.15, -0.1) is 0 Å². The second-order valence-corrected chi connectivity index (χ2v) is 8.78. The molecule has 0 N–H and O–H groups in total. The van der Waals surface area contributed by atoms with E-state index in [4.69, 9.17) is 0 Å². The number of hydrogen-bond acceptors (Lipinski definition) is 4. The third kappa shape index (κ3) is 3.68. The van der Waals surface area contributed by atoms with Gasteiger partial charge in [0.2, 0.25) is 5.96 Å². The van der Waals surface area contributed by atoms with E-state index in [0.29, 0.717) is 19.6 Å². The Balaban J connectivity index is 1.39. The largest absolute Gasteiger partial charge is 0.314 e. The molecule has 30 heavy (non-hydrogen) atoms. The van der Waals surface area contributed by atoms with Gasteiger partial charge >= 0.3 is 0 Å². The Kier molecular flexibility index (Phi) is 5.16. The maximum Gasteiger partial charge on any atom is 0.259 e. The first-order valence-corrected chi connectivity index (χ1v) is 10.9. The monoisotopic (exact) mass is 468 g/mol. The highest BCUT2D eigenvalue weighted by molar-refractivity contribution is 9.10. The minimum atomic E-state index is -0.228. The predicted octanol–water partition coefficient (Wildman–Crippen LogP) is 3.76. The van der Waals surface area contributed by atoms with E-state index < -0.39 is 0 Å². The highest BCUT2D eigenvalue weighted by Crippen LogP contribution is 2.32. The minimum Gasteiger partial charge on any atom is -0.314 e. The van der Waals surface area contributed by atoms with Crippen molar-refractivity contribution in [3.05, 3.63) is 81.2 Å². The molecule has 7 heteroatoms. The molecule has 2 aromatic rings. The number of carbonyl (C=O) groups excluding carboxylic acids is 1. The normalized spacial score (nSPS) is 19.1. The predicted molar refractivity (Wildman–Crippen MR) is 117 cm³/mol. The van der Waals surface area contributed by atoms with Crippen molar-refractivity contribution in [3.8, 4) is 0 Å². The van der Waals surface area contributed by atoms with Crippen LogP contribution in [0.2, 0.25) is 0 Å². The number of rotatable bonds is 4. The number of benzene rings is 2. The van der Waals surface area contributed by atoms with Crippen LogP contribution in [0.5, 0.6) is 0 Å². The van der Waals surface area contributed by atoms with Crippen LogP contribution >= 0.6 is 15.9 Å². The fourth-order valence-corrected chi connectivity index (χ4v) is 4.64. The maximum absolute atomic E-state index is 13.5. The molecule has 0 fully saturated rings. The van der Waals surface area contributed by atoms with Crippen LogP contribution in [-0.4, -0.2) is 52.7 Å². The summed E-state index contributed by atoms with van der Waals surface area (Å²) in [6.07, 6.45) is 0.827. The molecule has 5 nitrogen and oxygen atoms in total. The van der Waals surface area contributed by atoms with E-state index in [0.717, 1.165) is 58.9 Å². The number of hydrogen-bond donors (Lipinski definition) is 0. The van der Waals surface area contributed by atoms with Gasteiger partial charge in [-0.2, -0.15) is 0 Å². The van der Waals surface area contributed by atoms with Crippen LogP contribution in [0.4, 0.5) is 4.39 Å². The topological polar surface area (TPSA) is 39.2 Å². The van der Waals surface area contributed by atoms with Crippen LogP contribution in [0.1, 0.15) is 17.5 Å². The second-order valence-electron chi connectivity index (χ2n) is 7.86. The molecule has 0 radical (unpaired) electrons. The van der Waals surface area contributed by atoms with Crippen LogP contribution in [-0.2, 0) is 17.9 Å². The lowest BCUT2D eigenvalue weighted by molar-refractivity contribution is -0.125. The van der Waals surface area contributed by atoms with E-state index >= 15 is 0 Å². The summed E-state index contributed by atoms with van der Waals surface area (Å²) in [6.45, 7) is 4.24. The second kappa shape index (κ2) is 7.96. The summed E-state index contributed by atoms with van der Waals surface area (Å²) in [5.74, 6) is 0.608. The van der Waals surface area contributed by atoms with Gasteiger partial charge in [-0.3, -0.25) is 19.6 Å². The number of halogens is 2. The van der Waals surface area contributed by atoms with Gasteiger partial charge in [0, 0.05) is 42.8 Å². The zero-order valence-electron chi connectivity index (χ0n) is 16.5. The zero-order chi connectivity index (χ0) is 20.7. The summed E-state index contributed by atoms with van der Waals surface area (Å²) in [4.78, 5) is 24.4. The quantitative estimate of drug-likeness (QED) is 0.685. The molecule has 154 valence electrons. The van der Waals surface area contributed by atoms with Crippen molar-refractivity contribution in [1.82, 2.24) is 14.7 Å². The molecule has 1 amide bonds. The molecule has 0 bridgehead atoms. The number of amides is 1. The van der Waals surface area contributed by atoms with Crippen molar-refractivity contribution in [1.29, 1.82) is 0 Å². The summed E-state index contributed by atoms with van der Waals surface area (Å²) in [6, 6.07) is 14.7. The Morgan fingerprint density at radius 3 is 2.43 bits per heavy atom. The molecule has 5 rings (SSSR count). The first-order chi connectivity index (χ1) is 14.6. The molecule has 0 spiro atoms. The number of carbonyl (C=O) groups is 1. The standard InChI is InChI=1S/C23H22BrFN4O/c24-18-5-1-17(2-6-18)14-29-22(30)20-15-27(13-16-3-7-19(25)8-4-16)11-9-21(20)28-12-10-26-23(28)29/h1-8H,9-15H2. The minimum absolute atomic E-state index is 0.0497. The summed E-state index contributed by atoms with van der Waals surface area (Å²) >= 11 is 3.46. The van der Waals surface area contributed by atoms with Crippen LogP contribution < -0.4 is 0 Å². The lowest BCUT2D eigenvalue weighted by Gasteiger charge is -2.42. The number of aliphatic imine (C=N–C) groups is 1. The molecule has 0 atom stereocenters. The fourth-order valence-electron chi connectivity index (χ4n) is 4.37. The lowest BCUT2D eigenvalue weighted by atomic mass is 10.00. The maximum atomic E-state index is 13.5. The average Bonchev–Trinajstić information content (AvgIpc) is 3.24. The van der Waals surface area contributed by atoms with Crippen molar-refractivity contribution in [2.75, 3.05) is 26.2 Å². The molecule has 3 aliphatic rings. The van der Waals surface area contributed by atoms with Crippen molar-refractivity contribution < 1.29 is 9.18 Å². The van der Waals surface area contributed by atoms with Gasteiger partial charge < -0.3 is 4.90 Å². The Labute approximate surface area is 183 Å². The van der Waals surface area contributed by atoms with Gasteiger partial charge in [-0.25, -0.2) is 4.39 Å².